The molecule has 18 heavy (non-hydrogen) atoms. The summed E-state index contributed by atoms with van der Waals surface area (Å²) in [6, 6.07) is 0. The Morgan fingerprint density at radius 3 is 2.50 bits per heavy atom. The van der Waals surface area contributed by atoms with Gasteiger partial charge in [0.1, 0.15) is 5.75 Å². The van der Waals surface area contributed by atoms with Crippen LogP contribution in [0.2, 0.25) is 0 Å². The first-order valence-electron chi connectivity index (χ1n) is 6.04. The van der Waals surface area contributed by atoms with E-state index in [1.165, 1.54) is 0 Å². The maximum atomic E-state index is 11.2. The van der Waals surface area contributed by atoms with Gasteiger partial charge in [0.2, 0.25) is 5.75 Å². The Hall–Kier alpha value is -1.82. The number of nitrogens with two attached hydrogens (primary N) is 1. The average molecular weight is 250 g/mol. The zero-order chi connectivity index (χ0) is 12.7. The minimum Gasteiger partial charge on any atom is -0.492 e. The normalized spacial score (nSPS) is 15.8. The first kappa shape index (κ1) is 11.3. The molecular weight excluding hydrogens is 236 g/mol. The third kappa shape index (κ3) is 1.45. The van der Waals surface area contributed by atoms with Gasteiger partial charge in [0, 0.05) is 24.0 Å². The van der Waals surface area contributed by atoms with Gasteiger partial charge in [-0.05, 0) is 13.0 Å². The van der Waals surface area contributed by atoms with Crippen molar-refractivity contribution in [3.8, 4) is 11.5 Å². The molecule has 2 aliphatic rings. The summed E-state index contributed by atoms with van der Waals surface area (Å²) in [4.78, 5) is 10.9. The number of fused-ring (bicyclic) bond motifs is 2. The lowest BCUT2D eigenvalue weighted by molar-refractivity contribution is -0.386. The van der Waals surface area contributed by atoms with E-state index in [0.29, 0.717) is 56.1 Å². The van der Waals surface area contributed by atoms with Crippen LogP contribution >= 0.6 is 0 Å². The van der Waals surface area contributed by atoms with Crippen LogP contribution in [0, 0.1) is 10.1 Å². The molecule has 0 saturated carbocycles. The van der Waals surface area contributed by atoms with E-state index in [9.17, 15) is 10.1 Å². The van der Waals surface area contributed by atoms with Crippen molar-refractivity contribution < 1.29 is 14.4 Å². The topological polar surface area (TPSA) is 87.6 Å². The van der Waals surface area contributed by atoms with Gasteiger partial charge in [-0.25, -0.2) is 0 Å². The standard InChI is InChI=1S/C12H14N2O4/c13-4-1-7-8-2-5-18-12(8)10(14(15)16)9-3-6-17-11(7)9/h1-6,13H2. The van der Waals surface area contributed by atoms with Gasteiger partial charge >= 0.3 is 5.69 Å². The Morgan fingerprint density at radius 2 is 1.83 bits per heavy atom. The van der Waals surface area contributed by atoms with Crippen molar-refractivity contribution in [1.29, 1.82) is 0 Å². The van der Waals surface area contributed by atoms with Gasteiger partial charge < -0.3 is 15.2 Å². The molecule has 2 heterocycles. The molecule has 6 nitrogen and oxygen atoms in total. The molecule has 2 N–H and O–H groups in total. The van der Waals surface area contributed by atoms with Gasteiger partial charge in [0.15, 0.2) is 0 Å². The molecule has 0 spiro atoms. The number of rotatable bonds is 3. The predicted molar refractivity (Wildman–Crippen MR) is 64.3 cm³/mol. The number of hydrogen-bond donors (Lipinski definition) is 1. The summed E-state index contributed by atoms with van der Waals surface area (Å²) in [7, 11) is 0. The fourth-order valence-electron chi connectivity index (χ4n) is 2.78. The van der Waals surface area contributed by atoms with E-state index < -0.39 is 0 Å². The van der Waals surface area contributed by atoms with Gasteiger partial charge in [0.05, 0.1) is 23.7 Å². The highest BCUT2D eigenvalue weighted by molar-refractivity contribution is 5.69. The van der Waals surface area contributed by atoms with E-state index in [0.717, 1.165) is 11.1 Å². The van der Waals surface area contributed by atoms with Crippen molar-refractivity contribution in [3.05, 3.63) is 26.8 Å². The number of hydrogen-bond acceptors (Lipinski definition) is 5. The Morgan fingerprint density at radius 1 is 1.17 bits per heavy atom. The lowest BCUT2D eigenvalue weighted by Crippen LogP contribution is -2.07. The summed E-state index contributed by atoms with van der Waals surface area (Å²) in [6.07, 6.45) is 1.94. The van der Waals surface area contributed by atoms with E-state index in [1.807, 2.05) is 0 Å². The number of ether oxygens (including phenoxy) is 2. The minimum atomic E-state index is -0.357. The fourth-order valence-corrected chi connectivity index (χ4v) is 2.78. The zero-order valence-electron chi connectivity index (χ0n) is 9.90. The SMILES string of the molecule is NCCc1c2c(c([N+](=O)[O-])c3c1OCC3)OCC2. The van der Waals surface area contributed by atoms with Gasteiger partial charge in [-0.2, -0.15) is 0 Å². The van der Waals surface area contributed by atoms with Crippen molar-refractivity contribution in [2.75, 3.05) is 19.8 Å². The molecule has 0 fully saturated rings. The molecule has 0 bridgehead atoms. The van der Waals surface area contributed by atoms with E-state index >= 15 is 0 Å². The van der Waals surface area contributed by atoms with Crippen LogP contribution in [-0.4, -0.2) is 24.7 Å². The quantitative estimate of drug-likeness (QED) is 0.637. The molecule has 96 valence electrons. The molecule has 1 aromatic carbocycles. The first-order chi connectivity index (χ1) is 8.74. The van der Waals surface area contributed by atoms with Gasteiger partial charge in [-0.15, -0.1) is 0 Å². The van der Waals surface area contributed by atoms with Crippen LogP contribution in [-0.2, 0) is 19.3 Å². The highest BCUT2D eigenvalue weighted by Gasteiger charge is 2.36. The molecule has 0 amide bonds. The van der Waals surface area contributed by atoms with E-state index in [2.05, 4.69) is 0 Å². The molecule has 0 aliphatic carbocycles. The molecule has 0 saturated heterocycles. The molecule has 2 aliphatic heterocycles. The van der Waals surface area contributed by atoms with E-state index in [-0.39, 0.29) is 10.6 Å². The van der Waals surface area contributed by atoms with Gasteiger partial charge in [-0.1, -0.05) is 0 Å². The Labute approximate surface area is 104 Å². The zero-order valence-corrected chi connectivity index (χ0v) is 9.90. The molecule has 0 atom stereocenters. The second-order valence-corrected chi connectivity index (χ2v) is 4.44. The second kappa shape index (κ2) is 4.13. The average Bonchev–Trinajstić information content (AvgIpc) is 2.96. The van der Waals surface area contributed by atoms with Crippen molar-refractivity contribution in [1.82, 2.24) is 0 Å². The van der Waals surface area contributed by atoms with Crippen molar-refractivity contribution in [2.24, 2.45) is 5.73 Å². The third-order valence-electron chi connectivity index (χ3n) is 3.46. The molecule has 6 heteroatoms. The van der Waals surface area contributed by atoms with Crippen LogP contribution in [0.5, 0.6) is 11.5 Å². The lowest BCUT2D eigenvalue weighted by Gasteiger charge is -2.12. The summed E-state index contributed by atoms with van der Waals surface area (Å²) in [6.45, 7) is 1.49. The molecule has 0 radical (unpaired) electrons. The summed E-state index contributed by atoms with van der Waals surface area (Å²) in [5, 5.41) is 11.2. The summed E-state index contributed by atoms with van der Waals surface area (Å²) in [5.41, 5.74) is 8.29. The Kier molecular flexibility index (Phi) is 2.59. The van der Waals surface area contributed by atoms with Gasteiger partial charge in [-0.3, -0.25) is 10.1 Å². The van der Waals surface area contributed by atoms with Crippen LogP contribution in [0.4, 0.5) is 5.69 Å². The van der Waals surface area contributed by atoms with Crippen LogP contribution in [0.15, 0.2) is 0 Å². The first-order valence-corrected chi connectivity index (χ1v) is 6.04. The summed E-state index contributed by atoms with van der Waals surface area (Å²) < 4.78 is 11.0. The van der Waals surface area contributed by atoms with Crippen LogP contribution in [0.1, 0.15) is 16.7 Å². The lowest BCUT2D eigenvalue weighted by atomic mass is 9.95. The number of nitro groups is 1. The molecule has 1 aromatic rings. The Bertz CT molecular complexity index is 492. The smallest absolute Gasteiger partial charge is 0.318 e. The fraction of sp³-hybridized carbons (Fsp3) is 0.500. The highest BCUT2D eigenvalue weighted by atomic mass is 16.6. The van der Waals surface area contributed by atoms with Crippen LogP contribution < -0.4 is 15.2 Å². The van der Waals surface area contributed by atoms with E-state index in [1.54, 1.807) is 0 Å². The number of benzene rings is 1. The van der Waals surface area contributed by atoms with Crippen LogP contribution in [0.25, 0.3) is 0 Å². The summed E-state index contributed by atoms with van der Waals surface area (Å²) in [5.74, 6) is 1.11. The van der Waals surface area contributed by atoms with Crippen molar-refractivity contribution >= 4 is 5.69 Å². The maximum absolute atomic E-state index is 11.2. The minimum absolute atomic E-state index is 0.0933. The van der Waals surface area contributed by atoms with Gasteiger partial charge in [0.25, 0.3) is 0 Å². The monoisotopic (exact) mass is 250 g/mol. The Balaban J connectivity index is 2.28. The number of nitro benzene ring substituents is 1. The maximum Gasteiger partial charge on any atom is 0.318 e. The summed E-state index contributed by atoms with van der Waals surface area (Å²) >= 11 is 0. The second-order valence-electron chi connectivity index (χ2n) is 4.44. The molecule has 3 rings (SSSR count). The van der Waals surface area contributed by atoms with Crippen molar-refractivity contribution in [3.63, 3.8) is 0 Å². The molecule has 0 aromatic heterocycles. The highest BCUT2D eigenvalue weighted by Crippen LogP contribution is 2.48. The van der Waals surface area contributed by atoms with Crippen molar-refractivity contribution in [2.45, 2.75) is 19.3 Å². The van der Waals surface area contributed by atoms with E-state index in [4.69, 9.17) is 15.2 Å². The predicted octanol–water partition coefficient (Wildman–Crippen LogP) is 0.966. The number of nitrogens with zero attached hydrogens (tertiary/aromatic N) is 1. The van der Waals surface area contributed by atoms with Crippen LogP contribution in [0.3, 0.4) is 0 Å². The third-order valence-corrected chi connectivity index (χ3v) is 3.46. The largest absolute Gasteiger partial charge is 0.492 e. The molecular formula is C12H14N2O4. The molecule has 0 unspecified atom stereocenters.